The average Bonchev–Trinajstić information content (AvgIpc) is 2.81. The Labute approximate surface area is 126 Å². The number of rotatable bonds is 3. The maximum atomic E-state index is 12.7. The summed E-state index contributed by atoms with van der Waals surface area (Å²) in [5.74, 6) is -0.167. The maximum absolute atomic E-state index is 12.7. The lowest BCUT2D eigenvalue weighted by atomic mass is 10.1. The highest BCUT2D eigenvalue weighted by molar-refractivity contribution is 6.31. The van der Waals surface area contributed by atoms with Crippen LogP contribution in [-0.4, -0.2) is 37.5 Å². The zero-order valence-corrected chi connectivity index (χ0v) is 12.3. The van der Waals surface area contributed by atoms with E-state index >= 15 is 0 Å². The van der Waals surface area contributed by atoms with E-state index in [1.54, 1.807) is 0 Å². The molecule has 0 unspecified atom stereocenters. The number of hydrogen-bond acceptors (Lipinski definition) is 2. The zero-order valence-electron chi connectivity index (χ0n) is 11.5. The standard InChI is InChI=1S/C14H16ClF3N2O/c1-20-5-4-9(8-20)7-19-13(21)10-2-3-12(15)11(6-10)14(16,17)18/h2-3,6,9H,4-5,7-8H2,1H3,(H,19,21)/t9-/m1/s1. The lowest BCUT2D eigenvalue weighted by molar-refractivity contribution is -0.137. The number of benzene rings is 1. The van der Waals surface area contributed by atoms with E-state index in [0.29, 0.717) is 12.5 Å². The molecule has 1 atom stereocenters. The van der Waals surface area contributed by atoms with Crippen LogP contribution < -0.4 is 5.32 Å². The summed E-state index contributed by atoms with van der Waals surface area (Å²) in [4.78, 5) is 14.1. The summed E-state index contributed by atoms with van der Waals surface area (Å²) in [6.07, 6.45) is -3.59. The van der Waals surface area contributed by atoms with Crippen molar-refractivity contribution in [2.45, 2.75) is 12.6 Å². The van der Waals surface area contributed by atoms with E-state index in [1.165, 1.54) is 6.07 Å². The van der Waals surface area contributed by atoms with Gasteiger partial charge in [0.15, 0.2) is 0 Å². The molecule has 1 aromatic rings. The first-order valence-electron chi connectivity index (χ1n) is 6.61. The van der Waals surface area contributed by atoms with Crippen LogP contribution in [-0.2, 0) is 6.18 Å². The van der Waals surface area contributed by atoms with Crippen molar-refractivity contribution in [2.75, 3.05) is 26.7 Å². The molecule has 1 heterocycles. The molecule has 1 N–H and O–H groups in total. The van der Waals surface area contributed by atoms with E-state index in [0.717, 1.165) is 31.6 Å². The first-order chi connectivity index (χ1) is 9.77. The van der Waals surface area contributed by atoms with E-state index in [1.807, 2.05) is 7.05 Å². The number of nitrogens with zero attached hydrogens (tertiary/aromatic N) is 1. The summed E-state index contributed by atoms with van der Waals surface area (Å²) in [5.41, 5.74) is -1.02. The van der Waals surface area contributed by atoms with Gasteiger partial charge in [-0.15, -0.1) is 0 Å². The van der Waals surface area contributed by atoms with E-state index < -0.39 is 22.7 Å². The second-order valence-corrected chi connectivity index (χ2v) is 5.73. The normalized spacial score (nSPS) is 19.8. The summed E-state index contributed by atoms with van der Waals surface area (Å²) in [5, 5.41) is 2.28. The fourth-order valence-electron chi connectivity index (χ4n) is 2.42. The van der Waals surface area contributed by atoms with E-state index in [9.17, 15) is 18.0 Å². The van der Waals surface area contributed by atoms with Crippen LogP contribution in [0, 0.1) is 5.92 Å². The smallest absolute Gasteiger partial charge is 0.352 e. The van der Waals surface area contributed by atoms with Crippen molar-refractivity contribution >= 4 is 17.5 Å². The Morgan fingerprint density at radius 2 is 2.19 bits per heavy atom. The number of halogens is 4. The molecule has 3 nitrogen and oxygen atoms in total. The molecule has 0 radical (unpaired) electrons. The van der Waals surface area contributed by atoms with Crippen LogP contribution in [0.5, 0.6) is 0 Å². The second kappa shape index (κ2) is 6.23. The fourth-order valence-corrected chi connectivity index (χ4v) is 2.64. The minimum absolute atomic E-state index is 0.0296. The Balaban J connectivity index is 2.02. The second-order valence-electron chi connectivity index (χ2n) is 5.32. The number of hydrogen-bond donors (Lipinski definition) is 1. The first kappa shape index (κ1) is 16.1. The molecular weight excluding hydrogens is 305 g/mol. The minimum atomic E-state index is -4.57. The molecule has 21 heavy (non-hydrogen) atoms. The minimum Gasteiger partial charge on any atom is -0.352 e. The van der Waals surface area contributed by atoms with Gasteiger partial charge in [0.2, 0.25) is 0 Å². The van der Waals surface area contributed by atoms with E-state index in [4.69, 9.17) is 11.6 Å². The van der Waals surface area contributed by atoms with Crippen molar-refractivity contribution in [3.05, 3.63) is 34.3 Å². The molecule has 0 saturated carbocycles. The van der Waals surface area contributed by atoms with Gasteiger partial charge < -0.3 is 10.2 Å². The van der Waals surface area contributed by atoms with Gasteiger partial charge in [-0.1, -0.05) is 11.6 Å². The van der Waals surface area contributed by atoms with E-state index in [2.05, 4.69) is 10.2 Å². The van der Waals surface area contributed by atoms with Crippen LogP contribution in [0.4, 0.5) is 13.2 Å². The van der Waals surface area contributed by atoms with Gasteiger partial charge in [0, 0.05) is 18.7 Å². The molecule has 1 aromatic carbocycles. The summed E-state index contributed by atoms with van der Waals surface area (Å²) >= 11 is 5.53. The molecule has 116 valence electrons. The van der Waals surface area contributed by atoms with Crippen molar-refractivity contribution in [3.8, 4) is 0 Å². The molecule has 1 saturated heterocycles. The quantitative estimate of drug-likeness (QED) is 0.928. The monoisotopic (exact) mass is 320 g/mol. The van der Waals surface area contributed by atoms with Crippen LogP contribution in [0.1, 0.15) is 22.3 Å². The average molecular weight is 321 g/mol. The Hall–Kier alpha value is -1.27. The van der Waals surface area contributed by atoms with Crippen LogP contribution in [0.3, 0.4) is 0 Å². The van der Waals surface area contributed by atoms with Gasteiger partial charge in [-0.25, -0.2) is 0 Å². The number of carbonyl (C=O) groups excluding carboxylic acids is 1. The summed E-state index contributed by atoms with van der Waals surface area (Å²) in [7, 11) is 2.00. The highest BCUT2D eigenvalue weighted by Gasteiger charge is 2.33. The molecule has 1 aliphatic heterocycles. The number of carbonyl (C=O) groups is 1. The Morgan fingerprint density at radius 1 is 1.48 bits per heavy atom. The maximum Gasteiger partial charge on any atom is 0.417 e. The largest absolute Gasteiger partial charge is 0.417 e. The van der Waals surface area contributed by atoms with Crippen molar-refractivity contribution in [1.29, 1.82) is 0 Å². The van der Waals surface area contributed by atoms with Gasteiger partial charge in [0.05, 0.1) is 10.6 Å². The third-order valence-electron chi connectivity index (χ3n) is 3.57. The van der Waals surface area contributed by atoms with Gasteiger partial charge in [-0.05, 0) is 44.1 Å². The molecule has 2 rings (SSSR count). The zero-order chi connectivity index (χ0) is 15.6. The topological polar surface area (TPSA) is 32.3 Å². The predicted octanol–water partition coefficient (Wildman–Crippen LogP) is 3.04. The van der Waals surface area contributed by atoms with Crippen molar-refractivity contribution in [2.24, 2.45) is 5.92 Å². The van der Waals surface area contributed by atoms with E-state index in [-0.39, 0.29) is 5.56 Å². The lowest BCUT2D eigenvalue weighted by Gasteiger charge is -2.13. The summed E-state index contributed by atoms with van der Waals surface area (Å²) < 4.78 is 38.2. The summed E-state index contributed by atoms with van der Waals surface area (Å²) in [6.45, 7) is 2.32. The van der Waals surface area contributed by atoms with Crippen LogP contribution in [0.25, 0.3) is 0 Å². The number of amides is 1. The predicted molar refractivity (Wildman–Crippen MR) is 74.4 cm³/mol. The molecule has 7 heteroatoms. The van der Waals surface area contributed by atoms with Crippen LogP contribution in [0.15, 0.2) is 18.2 Å². The third kappa shape index (κ3) is 4.11. The van der Waals surface area contributed by atoms with Crippen LogP contribution in [0.2, 0.25) is 5.02 Å². The Kier molecular flexibility index (Phi) is 4.78. The molecule has 1 fully saturated rings. The molecule has 1 amide bonds. The molecule has 1 aliphatic rings. The fraction of sp³-hybridized carbons (Fsp3) is 0.500. The third-order valence-corrected chi connectivity index (χ3v) is 3.90. The van der Waals surface area contributed by atoms with Gasteiger partial charge in [0.25, 0.3) is 5.91 Å². The molecule has 0 aliphatic carbocycles. The molecule has 0 aromatic heterocycles. The SMILES string of the molecule is CN1CC[C@H](CNC(=O)c2ccc(Cl)c(C(F)(F)F)c2)C1. The van der Waals surface area contributed by atoms with Crippen LogP contribution >= 0.6 is 11.6 Å². The number of likely N-dealkylation sites (tertiary alicyclic amines) is 1. The Morgan fingerprint density at radius 3 is 2.76 bits per heavy atom. The van der Waals surface area contributed by atoms with Gasteiger partial charge in [-0.2, -0.15) is 13.2 Å². The first-order valence-corrected chi connectivity index (χ1v) is 6.98. The molecular formula is C14H16ClF3N2O. The Bertz CT molecular complexity index is 533. The highest BCUT2D eigenvalue weighted by Crippen LogP contribution is 2.35. The van der Waals surface area contributed by atoms with Crippen molar-refractivity contribution in [3.63, 3.8) is 0 Å². The number of nitrogens with one attached hydrogen (secondary N) is 1. The lowest BCUT2D eigenvalue weighted by Crippen LogP contribution is -2.30. The van der Waals surface area contributed by atoms with Gasteiger partial charge in [-0.3, -0.25) is 4.79 Å². The highest BCUT2D eigenvalue weighted by atomic mass is 35.5. The molecule has 0 spiro atoms. The molecule has 0 bridgehead atoms. The van der Waals surface area contributed by atoms with Crippen molar-refractivity contribution in [1.82, 2.24) is 10.2 Å². The summed E-state index contributed by atoms with van der Waals surface area (Å²) in [6, 6.07) is 3.19. The van der Waals surface area contributed by atoms with Gasteiger partial charge in [0.1, 0.15) is 0 Å². The number of alkyl halides is 3. The van der Waals surface area contributed by atoms with Gasteiger partial charge >= 0.3 is 6.18 Å². The van der Waals surface area contributed by atoms with Crippen molar-refractivity contribution < 1.29 is 18.0 Å².